The number of benzene rings is 2. The number of rotatable bonds is 17. The van der Waals surface area contributed by atoms with Crippen LogP contribution in [0, 0.1) is 0 Å². The van der Waals surface area contributed by atoms with Gasteiger partial charge in [-0.2, -0.15) is 0 Å². The SMILES string of the molecule is CCCN(CC(=O)N(CCOC)CC(N)=O)C(=O)CN(C(=O)CNCc1ccc2c(c1)OCO2)C(C)c1ccccc1. The van der Waals surface area contributed by atoms with Gasteiger partial charge >= 0.3 is 0 Å². The molecule has 1 aliphatic rings. The highest BCUT2D eigenvalue weighted by Crippen LogP contribution is 2.32. The number of nitrogens with two attached hydrogens (primary N) is 1. The van der Waals surface area contributed by atoms with Gasteiger partial charge in [-0.25, -0.2) is 0 Å². The zero-order valence-corrected chi connectivity index (χ0v) is 24.5. The van der Waals surface area contributed by atoms with Gasteiger partial charge in [-0.3, -0.25) is 19.2 Å². The fourth-order valence-electron chi connectivity index (χ4n) is 4.57. The highest BCUT2D eigenvalue weighted by atomic mass is 16.7. The average molecular weight is 584 g/mol. The lowest BCUT2D eigenvalue weighted by molar-refractivity contribution is -0.145. The zero-order valence-electron chi connectivity index (χ0n) is 24.5. The number of nitrogens with one attached hydrogen (secondary N) is 1. The summed E-state index contributed by atoms with van der Waals surface area (Å²) < 4.78 is 15.8. The van der Waals surface area contributed by atoms with Gasteiger partial charge in [0.25, 0.3) is 0 Å². The van der Waals surface area contributed by atoms with Crippen LogP contribution in [0.25, 0.3) is 0 Å². The van der Waals surface area contributed by atoms with Crippen LogP contribution in [0.2, 0.25) is 0 Å². The van der Waals surface area contributed by atoms with Crippen LogP contribution in [-0.4, -0.2) is 98.1 Å². The van der Waals surface area contributed by atoms with Crippen molar-refractivity contribution in [3.8, 4) is 11.5 Å². The van der Waals surface area contributed by atoms with E-state index in [-0.39, 0.29) is 57.9 Å². The number of methoxy groups -OCH3 is 1. The Hall–Kier alpha value is -4.16. The molecule has 0 aliphatic carbocycles. The van der Waals surface area contributed by atoms with Crippen LogP contribution in [0.15, 0.2) is 48.5 Å². The Morgan fingerprint density at radius 1 is 0.929 bits per heavy atom. The Morgan fingerprint density at radius 3 is 2.31 bits per heavy atom. The summed E-state index contributed by atoms with van der Waals surface area (Å²) in [5, 5.41) is 3.16. The van der Waals surface area contributed by atoms with Gasteiger partial charge in [-0.15, -0.1) is 0 Å². The van der Waals surface area contributed by atoms with Crippen molar-refractivity contribution in [2.45, 2.75) is 32.9 Å². The smallest absolute Gasteiger partial charge is 0.242 e. The topological polar surface area (TPSA) is 144 Å². The molecule has 3 rings (SSSR count). The van der Waals surface area contributed by atoms with Gasteiger partial charge in [0.15, 0.2) is 11.5 Å². The van der Waals surface area contributed by atoms with Crippen molar-refractivity contribution < 1.29 is 33.4 Å². The number of carbonyl (C=O) groups is 4. The first kappa shape index (κ1) is 32.4. The van der Waals surface area contributed by atoms with E-state index in [2.05, 4.69) is 5.32 Å². The molecule has 0 saturated carbocycles. The quantitative estimate of drug-likeness (QED) is 0.284. The van der Waals surface area contributed by atoms with Crippen LogP contribution in [0.4, 0.5) is 0 Å². The second-order valence-corrected chi connectivity index (χ2v) is 9.99. The summed E-state index contributed by atoms with van der Waals surface area (Å²) in [6.07, 6.45) is 0.603. The van der Waals surface area contributed by atoms with Crippen LogP contribution in [0.5, 0.6) is 11.5 Å². The lowest BCUT2D eigenvalue weighted by Gasteiger charge is -2.32. The molecule has 0 fully saturated rings. The van der Waals surface area contributed by atoms with Gasteiger partial charge < -0.3 is 40.0 Å². The number of fused-ring (bicyclic) bond motifs is 1. The molecule has 0 radical (unpaired) electrons. The second kappa shape index (κ2) is 16.3. The molecule has 2 aromatic carbocycles. The molecule has 3 N–H and O–H groups in total. The summed E-state index contributed by atoms with van der Waals surface area (Å²) in [4.78, 5) is 55.9. The van der Waals surface area contributed by atoms with Crippen molar-refractivity contribution in [3.05, 3.63) is 59.7 Å². The van der Waals surface area contributed by atoms with Crippen molar-refractivity contribution in [2.75, 3.05) is 59.8 Å². The van der Waals surface area contributed by atoms with Gasteiger partial charge in [0.2, 0.25) is 30.4 Å². The van der Waals surface area contributed by atoms with E-state index in [0.29, 0.717) is 31.0 Å². The third-order valence-corrected chi connectivity index (χ3v) is 6.85. The Labute approximate surface area is 246 Å². The number of amides is 4. The van der Waals surface area contributed by atoms with Crippen molar-refractivity contribution >= 4 is 23.6 Å². The van der Waals surface area contributed by atoms with Gasteiger partial charge in [0, 0.05) is 26.7 Å². The van der Waals surface area contributed by atoms with E-state index in [4.69, 9.17) is 19.9 Å². The molecule has 228 valence electrons. The number of nitrogens with zero attached hydrogens (tertiary/aromatic N) is 3. The molecule has 0 bridgehead atoms. The first-order valence-corrected chi connectivity index (χ1v) is 14.0. The Balaban J connectivity index is 1.71. The molecule has 42 heavy (non-hydrogen) atoms. The van der Waals surface area contributed by atoms with Crippen LogP contribution in [0.1, 0.15) is 37.4 Å². The Morgan fingerprint density at radius 2 is 1.62 bits per heavy atom. The summed E-state index contributed by atoms with van der Waals surface area (Å²) >= 11 is 0. The van der Waals surface area contributed by atoms with Gasteiger partial charge in [0.05, 0.1) is 32.3 Å². The summed E-state index contributed by atoms with van der Waals surface area (Å²) in [6, 6.07) is 14.6. The van der Waals surface area contributed by atoms with Crippen molar-refractivity contribution in [1.29, 1.82) is 0 Å². The van der Waals surface area contributed by atoms with E-state index in [1.54, 1.807) is 0 Å². The monoisotopic (exact) mass is 583 g/mol. The summed E-state index contributed by atoms with van der Waals surface area (Å²) in [6.45, 7) is 4.31. The van der Waals surface area contributed by atoms with Gasteiger partial charge in [-0.05, 0) is 36.6 Å². The van der Waals surface area contributed by atoms with Crippen LogP contribution in [0.3, 0.4) is 0 Å². The molecule has 0 saturated heterocycles. The molecule has 0 aromatic heterocycles. The average Bonchev–Trinajstić information content (AvgIpc) is 3.45. The maximum absolute atomic E-state index is 13.6. The van der Waals surface area contributed by atoms with E-state index in [0.717, 1.165) is 11.1 Å². The van der Waals surface area contributed by atoms with Crippen molar-refractivity contribution in [1.82, 2.24) is 20.0 Å². The summed E-state index contributed by atoms with van der Waals surface area (Å²) in [5.74, 6) is -0.376. The lowest BCUT2D eigenvalue weighted by atomic mass is 10.1. The third-order valence-electron chi connectivity index (χ3n) is 6.85. The van der Waals surface area contributed by atoms with Crippen LogP contribution < -0.4 is 20.5 Å². The maximum Gasteiger partial charge on any atom is 0.242 e. The Bertz CT molecular complexity index is 1210. The second-order valence-electron chi connectivity index (χ2n) is 9.99. The van der Waals surface area contributed by atoms with Crippen LogP contribution in [-0.2, 0) is 30.5 Å². The standard InChI is InChI=1S/C30H41N5O7/c1-4-12-33(19-29(38)34(13-14-40-3)18-27(31)36)30(39)20-35(22(2)24-8-6-5-7-9-24)28(37)17-32-16-23-10-11-25-26(15-23)42-21-41-25/h5-11,15,22,32H,4,12-14,16-21H2,1-3H3,(H2,31,36). The predicted molar refractivity (Wildman–Crippen MR) is 155 cm³/mol. The highest BCUT2D eigenvalue weighted by molar-refractivity contribution is 5.90. The minimum absolute atomic E-state index is 0.00495. The minimum atomic E-state index is -0.658. The third kappa shape index (κ3) is 9.45. The van der Waals surface area contributed by atoms with Crippen LogP contribution >= 0.6 is 0 Å². The molecular weight excluding hydrogens is 542 g/mol. The summed E-state index contributed by atoms with van der Waals surface area (Å²) in [5.41, 5.74) is 7.12. The highest BCUT2D eigenvalue weighted by Gasteiger charge is 2.28. The first-order valence-electron chi connectivity index (χ1n) is 14.0. The molecule has 12 heteroatoms. The molecule has 1 heterocycles. The molecule has 1 aliphatic heterocycles. The van der Waals surface area contributed by atoms with E-state index < -0.39 is 17.9 Å². The van der Waals surface area contributed by atoms with E-state index in [1.165, 1.54) is 21.8 Å². The van der Waals surface area contributed by atoms with Gasteiger partial charge in [0.1, 0.15) is 6.54 Å². The number of hydrogen-bond donors (Lipinski definition) is 2. The largest absolute Gasteiger partial charge is 0.454 e. The molecule has 1 unspecified atom stereocenters. The lowest BCUT2D eigenvalue weighted by Crippen LogP contribution is -2.50. The first-order chi connectivity index (χ1) is 20.2. The summed E-state index contributed by atoms with van der Waals surface area (Å²) in [7, 11) is 1.49. The molecular formula is C30H41N5O7. The molecule has 4 amide bonds. The van der Waals surface area contributed by atoms with E-state index >= 15 is 0 Å². The van der Waals surface area contributed by atoms with E-state index in [9.17, 15) is 19.2 Å². The fraction of sp³-hybridized carbons (Fsp3) is 0.467. The van der Waals surface area contributed by atoms with Crippen molar-refractivity contribution in [2.24, 2.45) is 5.73 Å². The Kier molecular flexibility index (Phi) is 12.6. The van der Waals surface area contributed by atoms with Gasteiger partial charge in [-0.1, -0.05) is 43.3 Å². The number of primary amides is 1. The molecule has 0 spiro atoms. The zero-order chi connectivity index (χ0) is 30.5. The molecule has 12 nitrogen and oxygen atoms in total. The minimum Gasteiger partial charge on any atom is -0.454 e. The molecule has 2 aromatic rings. The number of hydrogen-bond acceptors (Lipinski definition) is 8. The maximum atomic E-state index is 13.6. The number of carbonyl (C=O) groups excluding carboxylic acids is 4. The number of ether oxygens (including phenoxy) is 3. The van der Waals surface area contributed by atoms with Crippen molar-refractivity contribution in [3.63, 3.8) is 0 Å². The fourth-order valence-corrected chi connectivity index (χ4v) is 4.57. The predicted octanol–water partition coefficient (Wildman–Crippen LogP) is 1.29. The van der Waals surface area contributed by atoms with E-state index in [1.807, 2.05) is 62.4 Å². The normalized spacial score (nSPS) is 12.5. The molecule has 1 atom stereocenters.